The second-order valence-corrected chi connectivity index (χ2v) is 3.42. The van der Waals surface area contributed by atoms with E-state index >= 15 is 0 Å². The van der Waals surface area contributed by atoms with E-state index in [4.69, 9.17) is 23.2 Å². The monoisotopic (exact) mass is 192 g/mol. The Labute approximate surface area is 77.4 Å². The van der Waals surface area contributed by atoms with Gasteiger partial charge in [0.15, 0.2) is 0 Å². The number of nitrogens with zero attached hydrogens (tertiary/aromatic N) is 2. The lowest BCUT2D eigenvalue weighted by Gasteiger charge is -2.21. The molecule has 2 radical (unpaired) electrons. The van der Waals surface area contributed by atoms with E-state index in [1.165, 1.54) is 0 Å². The second-order valence-electron chi connectivity index (χ2n) is 2.70. The molecule has 0 unspecified atom stereocenters. The fraction of sp³-hybridized carbons (Fsp3) is 0.571. The summed E-state index contributed by atoms with van der Waals surface area (Å²) in [6.45, 7) is 7.03. The Bertz CT molecular complexity index is 189. The molecule has 0 N–H and O–H groups in total. The molecule has 1 rings (SSSR count). The summed E-state index contributed by atoms with van der Waals surface area (Å²) in [5.74, 6) is 0. The normalized spacial score (nSPS) is 19.1. The molecule has 0 atom stereocenters. The Kier molecular flexibility index (Phi) is 2.55. The molecule has 4 heteroatoms. The van der Waals surface area contributed by atoms with Gasteiger partial charge in [0.2, 0.25) is 6.67 Å². The van der Waals surface area contributed by atoms with Crippen LogP contribution in [0.5, 0.6) is 0 Å². The third-order valence-electron chi connectivity index (χ3n) is 1.45. The lowest BCUT2D eigenvalue weighted by atomic mass is 10.4. The summed E-state index contributed by atoms with van der Waals surface area (Å²) in [6, 6.07) is 0.293. The van der Waals surface area contributed by atoms with Gasteiger partial charge in [-0.15, -0.1) is 0 Å². The van der Waals surface area contributed by atoms with Gasteiger partial charge in [0.25, 0.3) is 0 Å². The summed E-state index contributed by atoms with van der Waals surface area (Å²) in [5.41, 5.74) is 0. The summed E-state index contributed by atoms with van der Waals surface area (Å²) in [4.78, 5) is 3.47. The third-order valence-corrected chi connectivity index (χ3v) is 2.34. The highest BCUT2D eigenvalue weighted by molar-refractivity contribution is 6.39. The summed E-state index contributed by atoms with van der Waals surface area (Å²) in [6.07, 6.45) is 0. The number of halogens is 2. The molecule has 0 spiro atoms. The predicted molar refractivity (Wildman–Crippen MR) is 46.7 cm³/mol. The highest BCUT2D eigenvalue weighted by atomic mass is 35.5. The first kappa shape index (κ1) is 9.01. The number of rotatable bonds is 1. The van der Waals surface area contributed by atoms with E-state index in [1.54, 1.807) is 9.80 Å². The van der Waals surface area contributed by atoms with E-state index in [2.05, 4.69) is 6.67 Å². The van der Waals surface area contributed by atoms with Crippen LogP contribution in [0, 0.1) is 6.67 Å². The minimum Gasteiger partial charge on any atom is -0.333 e. The van der Waals surface area contributed by atoms with Gasteiger partial charge in [-0.2, -0.15) is 0 Å². The van der Waals surface area contributed by atoms with Crippen LogP contribution in [0.3, 0.4) is 0 Å². The van der Waals surface area contributed by atoms with Crippen molar-refractivity contribution in [2.24, 2.45) is 0 Å². The Morgan fingerprint density at radius 1 is 1.27 bits per heavy atom. The molecule has 11 heavy (non-hydrogen) atoms. The molecule has 0 fully saturated rings. The van der Waals surface area contributed by atoms with Crippen molar-refractivity contribution in [3.05, 3.63) is 17.0 Å². The zero-order valence-electron chi connectivity index (χ0n) is 6.73. The van der Waals surface area contributed by atoms with Gasteiger partial charge in [-0.25, -0.2) is 0 Å². The molecule has 62 valence electrons. The lowest BCUT2D eigenvalue weighted by Crippen LogP contribution is -2.25. The van der Waals surface area contributed by atoms with Crippen LogP contribution in [0.15, 0.2) is 10.3 Å². The van der Waals surface area contributed by atoms with Crippen molar-refractivity contribution in [2.45, 2.75) is 19.9 Å². The van der Waals surface area contributed by atoms with Crippen molar-refractivity contribution in [3.8, 4) is 0 Å². The molecule has 0 saturated carbocycles. The van der Waals surface area contributed by atoms with E-state index in [1.807, 2.05) is 20.9 Å². The molecule has 0 aromatic heterocycles. The first-order valence-electron chi connectivity index (χ1n) is 3.38. The largest absolute Gasteiger partial charge is 0.333 e. The first-order valence-corrected chi connectivity index (χ1v) is 4.14. The van der Waals surface area contributed by atoms with Crippen LogP contribution in [0.1, 0.15) is 13.8 Å². The van der Waals surface area contributed by atoms with Crippen LogP contribution in [-0.4, -0.2) is 22.9 Å². The molecule has 2 nitrogen and oxygen atoms in total. The van der Waals surface area contributed by atoms with Crippen LogP contribution >= 0.6 is 23.2 Å². The van der Waals surface area contributed by atoms with E-state index in [-0.39, 0.29) is 0 Å². The predicted octanol–water partition coefficient (Wildman–Crippen LogP) is 2.24. The van der Waals surface area contributed by atoms with E-state index in [0.29, 0.717) is 16.4 Å². The second kappa shape index (κ2) is 3.11. The molecule has 0 aromatic carbocycles. The van der Waals surface area contributed by atoms with Gasteiger partial charge < -0.3 is 9.80 Å². The molecule has 0 amide bonds. The summed E-state index contributed by atoms with van der Waals surface area (Å²) >= 11 is 11.7. The van der Waals surface area contributed by atoms with Crippen molar-refractivity contribution in [3.63, 3.8) is 0 Å². The minimum absolute atomic E-state index is 0.293. The highest BCUT2D eigenvalue weighted by Crippen LogP contribution is 2.31. The Balaban J connectivity index is 2.77. The van der Waals surface area contributed by atoms with Gasteiger partial charge in [-0.05, 0) is 13.8 Å². The fourth-order valence-corrected chi connectivity index (χ4v) is 1.32. The van der Waals surface area contributed by atoms with Gasteiger partial charge in [0.1, 0.15) is 10.3 Å². The molecule has 1 aliphatic heterocycles. The van der Waals surface area contributed by atoms with E-state index in [0.717, 1.165) is 0 Å². The SMILES string of the molecule is CC(C)N1[C]N(C)C(Cl)=C1Cl. The minimum atomic E-state index is 0.293. The maximum atomic E-state index is 5.89. The summed E-state index contributed by atoms with van der Waals surface area (Å²) in [5, 5.41) is 1.07. The molecule has 0 saturated heterocycles. The van der Waals surface area contributed by atoms with Crippen LogP contribution in [0.4, 0.5) is 0 Å². The van der Waals surface area contributed by atoms with Gasteiger partial charge in [-0.3, -0.25) is 0 Å². The third kappa shape index (κ3) is 1.57. The van der Waals surface area contributed by atoms with E-state index in [9.17, 15) is 0 Å². The molecule has 1 aliphatic rings. The van der Waals surface area contributed by atoms with Crippen LogP contribution in [-0.2, 0) is 0 Å². The molecular weight excluding hydrogens is 183 g/mol. The van der Waals surface area contributed by atoms with Gasteiger partial charge in [-0.1, -0.05) is 23.2 Å². The Hall–Kier alpha value is -0.0800. The fourth-order valence-electron chi connectivity index (χ4n) is 0.829. The van der Waals surface area contributed by atoms with Gasteiger partial charge >= 0.3 is 0 Å². The topological polar surface area (TPSA) is 6.48 Å². The average Bonchev–Trinajstić information content (AvgIpc) is 2.17. The van der Waals surface area contributed by atoms with Crippen molar-refractivity contribution in [1.82, 2.24) is 9.80 Å². The Morgan fingerprint density at radius 3 is 2.00 bits per heavy atom. The number of hydrogen-bond donors (Lipinski definition) is 0. The quantitative estimate of drug-likeness (QED) is 0.589. The van der Waals surface area contributed by atoms with Crippen molar-refractivity contribution >= 4 is 23.2 Å². The zero-order valence-corrected chi connectivity index (χ0v) is 8.24. The molecule has 1 heterocycles. The maximum Gasteiger partial charge on any atom is 0.210 e. The van der Waals surface area contributed by atoms with Crippen LogP contribution < -0.4 is 0 Å². The summed E-state index contributed by atoms with van der Waals surface area (Å²) in [7, 11) is 1.81. The summed E-state index contributed by atoms with van der Waals surface area (Å²) < 4.78 is 0. The Morgan fingerprint density at radius 2 is 1.82 bits per heavy atom. The smallest absolute Gasteiger partial charge is 0.210 e. The molecule has 0 aromatic rings. The van der Waals surface area contributed by atoms with Gasteiger partial charge in [0.05, 0.1) is 0 Å². The zero-order chi connectivity index (χ0) is 8.59. The standard InChI is InChI=1S/C7H10Cl2N2/c1-5(2)11-4-10(3)6(8)7(11)9/h5H,1-3H3. The van der Waals surface area contributed by atoms with Crippen molar-refractivity contribution in [1.29, 1.82) is 0 Å². The lowest BCUT2D eigenvalue weighted by molar-refractivity contribution is 0.319. The first-order chi connectivity index (χ1) is 5.04. The maximum absolute atomic E-state index is 5.89. The van der Waals surface area contributed by atoms with Crippen LogP contribution in [0.25, 0.3) is 0 Å². The van der Waals surface area contributed by atoms with Crippen molar-refractivity contribution < 1.29 is 0 Å². The van der Waals surface area contributed by atoms with Crippen molar-refractivity contribution in [2.75, 3.05) is 7.05 Å². The van der Waals surface area contributed by atoms with Gasteiger partial charge in [0, 0.05) is 13.1 Å². The van der Waals surface area contributed by atoms with Crippen LogP contribution in [0.2, 0.25) is 0 Å². The van der Waals surface area contributed by atoms with E-state index < -0.39 is 0 Å². The average molecular weight is 193 g/mol. The molecule has 0 bridgehead atoms. The molecular formula is C7H10Cl2N2. The highest BCUT2D eigenvalue weighted by Gasteiger charge is 2.27. The number of hydrogen-bond acceptors (Lipinski definition) is 2. The molecule has 0 aliphatic carbocycles.